The van der Waals surface area contributed by atoms with E-state index in [4.69, 9.17) is 24.4 Å². The first-order valence-electron chi connectivity index (χ1n) is 7.66. The molecule has 0 bridgehead atoms. The maximum Gasteiger partial charge on any atom is 0.312 e. The lowest BCUT2D eigenvalue weighted by atomic mass is 10.2. The van der Waals surface area contributed by atoms with Gasteiger partial charge in [0.1, 0.15) is 17.8 Å². The van der Waals surface area contributed by atoms with Gasteiger partial charge in [-0.25, -0.2) is 0 Å². The molecular weight excluding hydrogens is 328 g/mol. The summed E-state index contributed by atoms with van der Waals surface area (Å²) in [5.74, 6) is -0.893. The molecule has 3 N–H and O–H groups in total. The summed E-state index contributed by atoms with van der Waals surface area (Å²) in [4.78, 5) is 10.0. The van der Waals surface area contributed by atoms with Crippen LogP contribution in [0.25, 0.3) is 0 Å². The molecule has 0 aliphatic carbocycles. The van der Waals surface area contributed by atoms with Gasteiger partial charge in [0, 0.05) is 11.1 Å². The van der Waals surface area contributed by atoms with Crippen LogP contribution in [0.5, 0.6) is 11.5 Å². The molecule has 1 heterocycles. The highest BCUT2D eigenvalue weighted by molar-refractivity contribution is 5.74. The standard InChI is InChI=1S/C11H14O5.C7H6O2/c12-5-6-14-11(15-7-8-16-11)9-1-3-10(13)4-2-9;8-5-6-1-3-7(9)4-2-6/h1-4,12-13H,5-8H2;1-5,9H. The van der Waals surface area contributed by atoms with Crippen LogP contribution in [-0.4, -0.2) is 48.0 Å². The molecule has 0 aromatic heterocycles. The van der Waals surface area contributed by atoms with Gasteiger partial charge in [0.05, 0.1) is 26.4 Å². The molecule has 1 fully saturated rings. The third-order valence-corrected chi connectivity index (χ3v) is 3.30. The molecule has 7 nitrogen and oxygen atoms in total. The maximum absolute atomic E-state index is 10.0. The van der Waals surface area contributed by atoms with Gasteiger partial charge in [0.15, 0.2) is 0 Å². The maximum atomic E-state index is 10.0. The number of hydrogen-bond acceptors (Lipinski definition) is 7. The minimum Gasteiger partial charge on any atom is -0.508 e. The number of aliphatic hydroxyl groups is 1. The average molecular weight is 348 g/mol. The summed E-state index contributed by atoms with van der Waals surface area (Å²) in [7, 11) is 0. The van der Waals surface area contributed by atoms with Crippen LogP contribution in [0.3, 0.4) is 0 Å². The van der Waals surface area contributed by atoms with Crippen molar-refractivity contribution in [2.75, 3.05) is 26.4 Å². The van der Waals surface area contributed by atoms with Gasteiger partial charge in [-0.1, -0.05) is 0 Å². The normalized spacial score (nSPS) is 15.2. The van der Waals surface area contributed by atoms with Gasteiger partial charge in [0.2, 0.25) is 0 Å². The van der Waals surface area contributed by atoms with Crippen molar-refractivity contribution >= 4 is 6.29 Å². The Balaban J connectivity index is 0.000000212. The van der Waals surface area contributed by atoms with Crippen LogP contribution in [-0.2, 0) is 20.2 Å². The van der Waals surface area contributed by atoms with E-state index in [0.717, 1.165) is 6.29 Å². The smallest absolute Gasteiger partial charge is 0.312 e. The van der Waals surface area contributed by atoms with Gasteiger partial charge in [-0.15, -0.1) is 0 Å². The Labute approximate surface area is 145 Å². The molecule has 7 heteroatoms. The molecule has 3 rings (SSSR count). The quantitative estimate of drug-likeness (QED) is 0.707. The van der Waals surface area contributed by atoms with Gasteiger partial charge < -0.3 is 29.5 Å². The van der Waals surface area contributed by atoms with Crippen molar-refractivity contribution < 1.29 is 34.3 Å². The Morgan fingerprint density at radius 3 is 1.96 bits per heavy atom. The van der Waals surface area contributed by atoms with Crippen molar-refractivity contribution in [3.8, 4) is 11.5 Å². The summed E-state index contributed by atoms with van der Waals surface area (Å²) >= 11 is 0. The van der Waals surface area contributed by atoms with Crippen LogP contribution in [0.1, 0.15) is 15.9 Å². The first-order chi connectivity index (χ1) is 12.1. The number of hydrogen-bond donors (Lipinski definition) is 3. The van der Waals surface area contributed by atoms with Crippen molar-refractivity contribution in [1.82, 2.24) is 0 Å². The van der Waals surface area contributed by atoms with E-state index in [0.29, 0.717) is 24.3 Å². The number of aliphatic hydroxyl groups excluding tert-OH is 1. The number of aldehydes is 1. The highest BCUT2D eigenvalue weighted by Gasteiger charge is 2.40. The highest BCUT2D eigenvalue weighted by Crippen LogP contribution is 2.33. The second-order valence-electron chi connectivity index (χ2n) is 5.08. The van der Waals surface area contributed by atoms with Gasteiger partial charge in [-0.2, -0.15) is 0 Å². The van der Waals surface area contributed by atoms with Crippen molar-refractivity contribution in [3.63, 3.8) is 0 Å². The summed E-state index contributed by atoms with van der Waals surface area (Å²) in [6.07, 6.45) is 0.736. The lowest BCUT2D eigenvalue weighted by Crippen LogP contribution is -2.31. The number of carbonyl (C=O) groups excluding carboxylic acids is 1. The molecule has 0 spiro atoms. The van der Waals surface area contributed by atoms with Crippen LogP contribution in [0.4, 0.5) is 0 Å². The second kappa shape index (κ2) is 9.14. The van der Waals surface area contributed by atoms with Crippen LogP contribution < -0.4 is 0 Å². The minimum atomic E-state index is -1.24. The van der Waals surface area contributed by atoms with Crippen molar-refractivity contribution in [3.05, 3.63) is 59.7 Å². The molecule has 0 unspecified atom stereocenters. The number of phenolic OH excluding ortho intramolecular Hbond substituents is 2. The molecule has 0 amide bonds. The lowest BCUT2D eigenvalue weighted by Gasteiger charge is -2.27. The Bertz CT molecular complexity index is 646. The Morgan fingerprint density at radius 1 is 0.960 bits per heavy atom. The fraction of sp³-hybridized carbons (Fsp3) is 0.278. The van der Waals surface area contributed by atoms with Crippen LogP contribution in [0.2, 0.25) is 0 Å². The number of ether oxygens (including phenoxy) is 3. The topological polar surface area (TPSA) is 105 Å². The SMILES string of the molecule is O=Cc1ccc(O)cc1.OCCOC1(c2ccc(O)cc2)OCCO1. The van der Waals surface area contributed by atoms with Crippen LogP contribution in [0, 0.1) is 0 Å². The Kier molecular flexibility index (Phi) is 6.91. The molecule has 1 aliphatic heterocycles. The molecule has 0 saturated carbocycles. The predicted molar refractivity (Wildman–Crippen MR) is 88.2 cm³/mol. The largest absolute Gasteiger partial charge is 0.508 e. The summed E-state index contributed by atoms with van der Waals surface area (Å²) in [5.41, 5.74) is 1.24. The van der Waals surface area contributed by atoms with E-state index in [1.165, 1.54) is 24.3 Å². The van der Waals surface area contributed by atoms with E-state index in [9.17, 15) is 9.90 Å². The number of rotatable bonds is 5. The van der Waals surface area contributed by atoms with E-state index >= 15 is 0 Å². The third-order valence-electron chi connectivity index (χ3n) is 3.30. The molecule has 2 aromatic rings. The summed E-state index contributed by atoms with van der Waals surface area (Å²) < 4.78 is 16.3. The van der Waals surface area contributed by atoms with Gasteiger partial charge in [0.25, 0.3) is 0 Å². The first-order valence-corrected chi connectivity index (χ1v) is 7.66. The monoisotopic (exact) mass is 348 g/mol. The molecule has 1 saturated heterocycles. The van der Waals surface area contributed by atoms with E-state index in [1.54, 1.807) is 24.3 Å². The van der Waals surface area contributed by atoms with Gasteiger partial charge >= 0.3 is 5.97 Å². The molecule has 1 aliphatic rings. The zero-order chi connectivity index (χ0) is 18.1. The Hall–Kier alpha value is -2.45. The average Bonchev–Trinajstić information content (AvgIpc) is 3.12. The molecule has 0 radical (unpaired) electrons. The highest BCUT2D eigenvalue weighted by atomic mass is 16.9. The summed E-state index contributed by atoms with van der Waals surface area (Å²) in [5, 5.41) is 26.7. The van der Waals surface area contributed by atoms with Gasteiger partial charge in [-0.3, -0.25) is 4.79 Å². The number of phenols is 2. The summed E-state index contributed by atoms with van der Waals surface area (Å²) in [6, 6.07) is 12.5. The van der Waals surface area contributed by atoms with E-state index in [-0.39, 0.29) is 24.7 Å². The third kappa shape index (κ3) is 5.27. The second-order valence-corrected chi connectivity index (χ2v) is 5.08. The lowest BCUT2D eigenvalue weighted by molar-refractivity contribution is -0.345. The number of benzene rings is 2. The summed E-state index contributed by atoms with van der Waals surface area (Å²) in [6.45, 7) is 0.895. The fourth-order valence-corrected chi connectivity index (χ4v) is 2.13. The predicted octanol–water partition coefficient (Wildman–Crippen LogP) is 1.76. The Morgan fingerprint density at radius 2 is 1.48 bits per heavy atom. The zero-order valence-electron chi connectivity index (χ0n) is 13.5. The van der Waals surface area contributed by atoms with E-state index in [2.05, 4.69) is 0 Å². The van der Waals surface area contributed by atoms with Crippen LogP contribution in [0.15, 0.2) is 48.5 Å². The molecule has 134 valence electrons. The van der Waals surface area contributed by atoms with Gasteiger partial charge in [-0.05, 0) is 48.5 Å². The van der Waals surface area contributed by atoms with Crippen molar-refractivity contribution in [2.45, 2.75) is 5.97 Å². The molecule has 0 atom stereocenters. The fourth-order valence-electron chi connectivity index (χ4n) is 2.13. The van der Waals surface area contributed by atoms with E-state index < -0.39 is 5.97 Å². The van der Waals surface area contributed by atoms with E-state index in [1.807, 2.05) is 0 Å². The number of carbonyl (C=O) groups is 1. The molecule has 25 heavy (non-hydrogen) atoms. The van der Waals surface area contributed by atoms with Crippen LogP contribution >= 0.6 is 0 Å². The van der Waals surface area contributed by atoms with Crippen molar-refractivity contribution in [2.24, 2.45) is 0 Å². The number of aromatic hydroxyl groups is 2. The minimum absolute atomic E-state index is 0.105. The zero-order valence-corrected chi connectivity index (χ0v) is 13.5. The molecule has 2 aromatic carbocycles. The molecular formula is C18H20O7. The van der Waals surface area contributed by atoms with Crippen molar-refractivity contribution in [1.29, 1.82) is 0 Å². The first kappa shape index (κ1) is 18.9.